The third-order valence-electron chi connectivity index (χ3n) is 2.91. The summed E-state index contributed by atoms with van der Waals surface area (Å²) >= 11 is 7.60. The minimum absolute atomic E-state index is 0.300. The summed E-state index contributed by atoms with van der Waals surface area (Å²) < 4.78 is 22.8. The van der Waals surface area contributed by atoms with E-state index in [0.29, 0.717) is 15.5 Å². The Kier molecular flexibility index (Phi) is 4.99. The van der Waals surface area contributed by atoms with E-state index in [2.05, 4.69) is 0 Å². The molecule has 0 fully saturated rings. The number of aliphatic hydroxyl groups is 1. The third kappa shape index (κ3) is 4.23. The molecule has 1 N–H and O–H groups in total. The average Bonchev–Trinajstić information content (AvgIpc) is 2.38. The summed E-state index contributed by atoms with van der Waals surface area (Å²) in [6.07, 6.45) is 0.578. The van der Waals surface area contributed by atoms with Gasteiger partial charge in [0.05, 0.1) is 11.0 Å². The van der Waals surface area contributed by atoms with Crippen LogP contribution in [0, 0.1) is 0 Å². The highest BCUT2D eigenvalue weighted by Crippen LogP contribution is 2.33. The first-order valence-corrected chi connectivity index (χ1v) is 9.31. The maximum atomic E-state index is 11.4. The summed E-state index contributed by atoms with van der Waals surface area (Å²) in [4.78, 5) is 2.15. The van der Waals surface area contributed by atoms with Gasteiger partial charge in [-0.3, -0.25) is 0 Å². The fraction of sp³-hybridized carbons (Fsp3) is 0.200. The van der Waals surface area contributed by atoms with E-state index in [1.54, 1.807) is 43.3 Å². The number of hydrogen-bond donors (Lipinski definition) is 1. The van der Waals surface area contributed by atoms with Crippen LogP contribution in [-0.2, 0) is 9.84 Å². The van der Waals surface area contributed by atoms with Gasteiger partial charge in [0.25, 0.3) is 0 Å². The summed E-state index contributed by atoms with van der Waals surface area (Å²) in [6.45, 7) is 1.66. The molecule has 0 aromatic heterocycles. The number of aliphatic hydroxyl groups excluding tert-OH is 1. The maximum absolute atomic E-state index is 11.4. The van der Waals surface area contributed by atoms with Gasteiger partial charge >= 0.3 is 0 Å². The molecule has 2 aromatic rings. The molecule has 0 aliphatic rings. The third-order valence-corrected chi connectivity index (χ3v) is 5.36. The van der Waals surface area contributed by atoms with E-state index in [-0.39, 0.29) is 0 Å². The molecule has 2 rings (SSSR count). The van der Waals surface area contributed by atoms with Crippen molar-refractivity contribution >= 4 is 33.2 Å². The van der Waals surface area contributed by atoms with E-state index >= 15 is 0 Å². The van der Waals surface area contributed by atoms with Gasteiger partial charge in [-0.2, -0.15) is 0 Å². The van der Waals surface area contributed by atoms with Crippen LogP contribution in [0.15, 0.2) is 57.2 Å². The Morgan fingerprint density at radius 1 is 1.10 bits per heavy atom. The molecule has 0 heterocycles. The number of benzene rings is 2. The molecule has 2 aromatic carbocycles. The first-order chi connectivity index (χ1) is 9.77. The van der Waals surface area contributed by atoms with Gasteiger partial charge in [0, 0.05) is 21.1 Å². The Labute approximate surface area is 133 Å². The fourth-order valence-electron chi connectivity index (χ4n) is 1.80. The van der Waals surface area contributed by atoms with E-state index in [1.165, 1.54) is 18.0 Å². The maximum Gasteiger partial charge on any atom is 0.175 e. The first kappa shape index (κ1) is 16.4. The summed E-state index contributed by atoms with van der Waals surface area (Å²) in [7, 11) is -3.17. The van der Waals surface area contributed by atoms with Crippen LogP contribution in [0.1, 0.15) is 18.6 Å². The van der Waals surface area contributed by atoms with Crippen molar-refractivity contribution in [2.75, 3.05) is 6.26 Å². The Balaban J connectivity index is 2.21. The summed E-state index contributed by atoms with van der Waals surface area (Å²) in [6, 6.07) is 12.2. The molecule has 0 saturated carbocycles. The normalized spacial score (nSPS) is 13.1. The van der Waals surface area contributed by atoms with Crippen LogP contribution in [0.4, 0.5) is 0 Å². The smallest absolute Gasteiger partial charge is 0.175 e. The largest absolute Gasteiger partial charge is 0.389 e. The molecule has 0 aliphatic carbocycles. The lowest BCUT2D eigenvalue weighted by Gasteiger charge is -2.09. The van der Waals surface area contributed by atoms with Gasteiger partial charge in [-0.05, 0) is 48.9 Å². The molecule has 0 aliphatic heterocycles. The topological polar surface area (TPSA) is 54.4 Å². The minimum Gasteiger partial charge on any atom is -0.389 e. The van der Waals surface area contributed by atoms with Crippen LogP contribution >= 0.6 is 23.4 Å². The quantitative estimate of drug-likeness (QED) is 0.914. The monoisotopic (exact) mass is 342 g/mol. The Hall–Kier alpha value is -1.01. The van der Waals surface area contributed by atoms with E-state index < -0.39 is 15.9 Å². The highest BCUT2D eigenvalue weighted by atomic mass is 35.5. The zero-order valence-corrected chi connectivity index (χ0v) is 14.0. The highest BCUT2D eigenvalue weighted by molar-refractivity contribution is 7.99. The van der Waals surface area contributed by atoms with Crippen molar-refractivity contribution in [2.24, 2.45) is 0 Å². The van der Waals surface area contributed by atoms with Crippen molar-refractivity contribution in [3.05, 3.63) is 53.1 Å². The molecule has 3 nitrogen and oxygen atoms in total. The zero-order chi connectivity index (χ0) is 15.6. The molecule has 21 heavy (non-hydrogen) atoms. The molecular formula is C15H15ClO3S2. The van der Waals surface area contributed by atoms with Gasteiger partial charge in [-0.15, -0.1) is 0 Å². The van der Waals surface area contributed by atoms with E-state index in [0.717, 1.165) is 9.79 Å². The van der Waals surface area contributed by atoms with Crippen molar-refractivity contribution in [1.82, 2.24) is 0 Å². The van der Waals surface area contributed by atoms with Crippen LogP contribution in [0.3, 0.4) is 0 Å². The van der Waals surface area contributed by atoms with Crippen LogP contribution < -0.4 is 0 Å². The second-order valence-corrected chi connectivity index (χ2v) is 8.27. The van der Waals surface area contributed by atoms with Crippen molar-refractivity contribution in [1.29, 1.82) is 0 Å². The molecule has 0 radical (unpaired) electrons. The van der Waals surface area contributed by atoms with Gasteiger partial charge in [0.15, 0.2) is 9.84 Å². The molecule has 0 amide bonds. The molecule has 1 unspecified atom stereocenters. The van der Waals surface area contributed by atoms with Crippen LogP contribution in [0.5, 0.6) is 0 Å². The molecule has 112 valence electrons. The summed E-state index contributed by atoms with van der Waals surface area (Å²) in [5, 5.41) is 10.1. The summed E-state index contributed by atoms with van der Waals surface area (Å²) in [5.41, 5.74) is 0.688. The molecule has 1 atom stereocenters. The zero-order valence-electron chi connectivity index (χ0n) is 11.6. The molecule has 0 bridgehead atoms. The number of rotatable bonds is 4. The Morgan fingerprint density at radius 2 is 1.67 bits per heavy atom. The van der Waals surface area contributed by atoms with Gasteiger partial charge in [-0.25, -0.2) is 8.42 Å². The SMILES string of the molecule is CC(O)c1ccc(Sc2ccc(S(C)(=O)=O)cc2)cc1Cl. The van der Waals surface area contributed by atoms with Gasteiger partial charge in [0.1, 0.15) is 0 Å². The van der Waals surface area contributed by atoms with Crippen molar-refractivity contribution < 1.29 is 13.5 Å². The second kappa shape index (κ2) is 6.40. The van der Waals surface area contributed by atoms with Crippen molar-refractivity contribution in [3.63, 3.8) is 0 Å². The number of halogens is 1. The van der Waals surface area contributed by atoms with Gasteiger partial charge in [-0.1, -0.05) is 29.4 Å². The number of hydrogen-bond acceptors (Lipinski definition) is 4. The van der Waals surface area contributed by atoms with Gasteiger partial charge < -0.3 is 5.11 Å². The lowest BCUT2D eigenvalue weighted by Crippen LogP contribution is -1.96. The lowest BCUT2D eigenvalue weighted by molar-refractivity contribution is 0.199. The fourth-order valence-corrected chi connectivity index (χ4v) is 3.69. The van der Waals surface area contributed by atoms with Gasteiger partial charge in [0.2, 0.25) is 0 Å². The molecule has 6 heteroatoms. The minimum atomic E-state index is -3.17. The predicted molar refractivity (Wildman–Crippen MR) is 85.8 cm³/mol. The molecule has 0 saturated heterocycles. The predicted octanol–water partition coefficient (Wildman–Crippen LogP) is 3.95. The molecule has 0 spiro atoms. The second-order valence-electron chi connectivity index (χ2n) is 4.70. The average molecular weight is 343 g/mol. The van der Waals surface area contributed by atoms with Crippen molar-refractivity contribution in [2.45, 2.75) is 27.7 Å². The number of sulfone groups is 1. The standard InChI is InChI=1S/C15H15ClO3S2/c1-10(17)14-8-5-12(9-15(14)16)20-11-3-6-13(7-4-11)21(2,18)19/h3-10,17H,1-2H3. The van der Waals surface area contributed by atoms with Crippen LogP contribution in [0.25, 0.3) is 0 Å². The Morgan fingerprint density at radius 3 is 2.14 bits per heavy atom. The van der Waals surface area contributed by atoms with E-state index in [4.69, 9.17) is 11.6 Å². The Bertz CT molecular complexity index is 738. The molecular weight excluding hydrogens is 328 g/mol. The first-order valence-electron chi connectivity index (χ1n) is 6.23. The highest BCUT2D eigenvalue weighted by Gasteiger charge is 2.09. The van der Waals surface area contributed by atoms with Crippen molar-refractivity contribution in [3.8, 4) is 0 Å². The van der Waals surface area contributed by atoms with E-state index in [1.807, 2.05) is 6.07 Å². The van der Waals surface area contributed by atoms with Crippen LogP contribution in [0.2, 0.25) is 5.02 Å². The summed E-state index contributed by atoms with van der Waals surface area (Å²) in [5.74, 6) is 0. The lowest BCUT2D eigenvalue weighted by atomic mass is 10.1. The van der Waals surface area contributed by atoms with Crippen LogP contribution in [-0.4, -0.2) is 19.8 Å². The van der Waals surface area contributed by atoms with E-state index in [9.17, 15) is 13.5 Å².